The Bertz CT molecular complexity index is 646. The molecule has 5 nitrogen and oxygen atoms in total. The molecule has 2 heterocycles. The molecule has 0 bridgehead atoms. The topological polar surface area (TPSA) is 50.2 Å². The van der Waals surface area contributed by atoms with Gasteiger partial charge in [-0.2, -0.15) is 5.10 Å². The van der Waals surface area contributed by atoms with Crippen LogP contribution >= 0.6 is 0 Å². The number of nitrogens with zero attached hydrogens (tertiary/aromatic N) is 3. The zero-order chi connectivity index (χ0) is 17.6. The molecule has 1 atom stereocenters. The van der Waals surface area contributed by atoms with Gasteiger partial charge in [-0.25, -0.2) is 0 Å². The van der Waals surface area contributed by atoms with Crippen molar-refractivity contribution in [2.45, 2.75) is 38.8 Å². The molecule has 0 radical (unpaired) electrons. The monoisotopic (exact) mass is 340 g/mol. The molecule has 1 saturated heterocycles. The Hall–Kier alpha value is -2.14. The van der Waals surface area contributed by atoms with E-state index in [1.807, 2.05) is 42.6 Å². The molecule has 0 saturated carbocycles. The molecule has 2 aromatic rings. The first-order valence-corrected chi connectivity index (χ1v) is 9.20. The van der Waals surface area contributed by atoms with E-state index in [1.54, 1.807) is 10.9 Å². The molecule has 0 unspecified atom stereocenters. The average molecular weight is 340 g/mol. The Morgan fingerprint density at radius 2 is 1.92 bits per heavy atom. The number of hydrogen-bond acceptors (Lipinski definition) is 3. The second-order valence-corrected chi connectivity index (χ2v) is 7.28. The highest BCUT2D eigenvalue weighted by molar-refractivity contribution is 5.83. The number of hydrogen-bond donors (Lipinski definition) is 1. The highest BCUT2D eigenvalue weighted by Crippen LogP contribution is 2.19. The van der Waals surface area contributed by atoms with Crippen LogP contribution in [0.1, 0.15) is 38.3 Å². The minimum Gasteiger partial charge on any atom is -0.351 e. The summed E-state index contributed by atoms with van der Waals surface area (Å²) in [5.74, 6) is 0.714. The number of aromatic nitrogens is 2. The van der Waals surface area contributed by atoms with E-state index in [2.05, 4.69) is 29.2 Å². The van der Waals surface area contributed by atoms with Crippen LogP contribution in [-0.4, -0.2) is 46.3 Å². The fourth-order valence-electron chi connectivity index (χ4n) is 3.55. The first-order valence-electron chi connectivity index (χ1n) is 9.20. The lowest BCUT2D eigenvalue weighted by molar-refractivity contribution is -0.124. The summed E-state index contributed by atoms with van der Waals surface area (Å²) in [6.45, 7) is 7.76. The van der Waals surface area contributed by atoms with Crippen LogP contribution in [0.5, 0.6) is 0 Å². The number of piperidine rings is 1. The summed E-state index contributed by atoms with van der Waals surface area (Å²) in [7, 11) is 0. The third-order valence-corrected chi connectivity index (χ3v) is 4.71. The van der Waals surface area contributed by atoms with Crippen molar-refractivity contribution >= 4 is 5.91 Å². The van der Waals surface area contributed by atoms with E-state index in [4.69, 9.17) is 0 Å². The summed E-state index contributed by atoms with van der Waals surface area (Å²) >= 11 is 0. The van der Waals surface area contributed by atoms with E-state index < -0.39 is 6.04 Å². The molecule has 1 N–H and O–H groups in total. The molecule has 1 aliphatic rings. The number of rotatable bonds is 6. The van der Waals surface area contributed by atoms with Gasteiger partial charge in [-0.3, -0.25) is 9.48 Å². The van der Waals surface area contributed by atoms with Crippen molar-refractivity contribution in [1.29, 1.82) is 0 Å². The van der Waals surface area contributed by atoms with Crippen molar-refractivity contribution in [2.24, 2.45) is 5.92 Å². The Morgan fingerprint density at radius 1 is 1.20 bits per heavy atom. The summed E-state index contributed by atoms with van der Waals surface area (Å²) in [5.41, 5.74) is 0.959. The van der Waals surface area contributed by atoms with Crippen molar-refractivity contribution in [2.75, 3.05) is 19.6 Å². The Kier molecular flexibility index (Phi) is 5.87. The fourth-order valence-corrected chi connectivity index (χ4v) is 3.55. The predicted octanol–water partition coefficient (Wildman–Crippen LogP) is 2.71. The summed E-state index contributed by atoms with van der Waals surface area (Å²) < 4.78 is 1.73. The lowest BCUT2D eigenvalue weighted by atomic mass is 10.0. The maximum Gasteiger partial charge on any atom is 0.249 e. The van der Waals surface area contributed by atoms with E-state index in [0.29, 0.717) is 5.92 Å². The molecular formula is C20H28N4O. The van der Waals surface area contributed by atoms with Crippen LogP contribution in [0.25, 0.3) is 0 Å². The number of nitrogens with one attached hydrogen (secondary N) is 1. The SMILES string of the molecule is CC(C)CN1CCC(NC(=O)[C@H](c2ccccc2)n2cccn2)CC1. The van der Waals surface area contributed by atoms with E-state index in [-0.39, 0.29) is 11.9 Å². The first kappa shape index (κ1) is 17.7. The molecule has 1 amide bonds. The number of amides is 1. The molecule has 1 aliphatic heterocycles. The zero-order valence-corrected chi connectivity index (χ0v) is 15.1. The van der Waals surface area contributed by atoms with Crippen LogP contribution in [0.2, 0.25) is 0 Å². The minimum atomic E-state index is -0.412. The fraction of sp³-hybridized carbons (Fsp3) is 0.500. The van der Waals surface area contributed by atoms with Crippen LogP contribution in [-0.2, 0) is 4.79 Å². The number of likely N-dealkylation sites (tertiary alicyclic amines) is 1. The third kappa shape index (κ3) is 4.69. The summed E-state index contributed by atoms with van der Waals surface area (Å²) in [6.07, 6.45) is 5.59. The molecule has 0 spiro atoms. The molecule has 0 aliphatic carbocycles. The summed E-state index contributed by atoms with van der Waals surface area (Å²) in [6, 6.07) is 11.5. The second kappa shape index (κ2) is 8.30. The van der Waals surface area contributed by atoms with E-state index in [0.717, 1.165) is 38.0 Å². The molecule has 3 rings (SSSR count). The molecular weight excluding hydrogens is 312 g/mol. The lowest BCUT2D eigenvalue weighted by Crippen LogP contribution is -2.47. The zero-order valence-electron chi connectivity index (χ0n) is 15.1. The molecule has 134 valence electrons. The lowest BCUT2D eigenvalue weighted by Gasteiger charge is -2.34. The van der Waals surface area contributed by atoms with Crippen LogP contribution < -0.4 is 5.32 Å². The standard InChI is InChI=1S/C20H28N4O/c1-16(2)15-23-13-9-18(10-14-23)22-20(25)19(24-12-6-11-21-24)17-7-4-3-5-8-17/h3-8,11-12,16,18-19H,9-10,13-15H2,1-2H3,(H,22,25)/t19-/m0/s1. The van der Waals surface area contributed by atoms with Gasteiger partial charge >= 0.3 is 0 Å². The smallest absolute Gasteiger partial charge is 0.249 e. The summed E-state index contributed by atoms with van der Waals surface area (Å²) in [4.78, 5) is 15.5. The number of carbonyl (C=O) groups is 1. The first-order chi connectivity index (χ1) is 12.1. The van der Waals surface area contributed by atoms with Gasteiger partial charge in [-0.05, 0) is 30.4 Å². The van der Waals surface area contributed by atoms with Crippen LogP contribution in [0.15, 0.2) is 48.8 Å². The normalized spacial score (nSPS) is 17.6. The van der Waals surface area contributed by atoms with Gasteiger partial charge in [-0.15, -0.1) is 0 Å². The van der Waals surface area contributed by atoms with Crippen LogP contribution in [0.3, 0.4) is 0 Å². The summed E-state index contributed by atoms with van der Waals surface area (Å²) in [5, 5.41) is 7.55. The molecule has 1 fully saturated rings. The molecule has 1 aromatic heterocycles. The largest absolute Gasteiger partial charge is 0.351 e. The van der Waals surface area contributed by atoms with Gasteiger partial charge in [0.2, 0.25) is 5.91 Å². The van der Waals surface area contributed by atoms with E-state index >= 15 is 0 Å². The van der Waals surface area contributed by atoms with Crippen LogP contribution in [0.4, 0.5) is 0 Å². The number of carbonyl (C=O) groups excluding carboxylic acids is 1. The van der Waals surface area contributed by atoms with Crippen molar-refractivity contribution < 1.29 is 4.79 Å². The second-order valence-electron chi connectivity index (χ2n) is 7.28. The van der Waals surface area contributed by atoms with Crippen molar-refractivity contribution in [3.05, 3.63) is 54.4 Å². The van der Waals surface area contributed by atoms with E-state index in [1.165, 1.54) is 0 Å². The van der Waals surface area contributed by atoms with Crippen molar-refractivity contribution in [3.8, 4) is 0 Å². The third-order valence-electron chi connectivity index (χ3n) is 4.71. The maximum absolute atomic E-state index is 13.0. The van der Waals surface area contributed by atoms with Gasteiger partial charge in [-0.1, -0.05) is 44.2 Å². The van der Waals surface area contributed by atoms with Gasteiger partial charge in [0.25, 0.3) is 0 Å². The van der Waals surface area contributed by atoms with Gasteiger partial charge in [0.05, 0.1) is 0 Å². The van der Waals surface area contributed by atoms with Gasteiger partial charge < -0.3 is 10.2 Å². The highest BCUT2D eigenvalue weighted by Gasteiger charge is 2.27. The maximum atomic E-state index is 13.0. The molecule has 25 heavy (non-hydrogen) atoms. The van der Waals surface area contributed by atoms with Gasteiger partial charge in [0, 0.05) is 38.1 Å². The Labute approximate surface area is 150 Å². The quantitative estimate of drug-likeness (QED) is 0.880. The molecule has 1 aromatic carbocycles. The molecule has 5 heteroatoms. The Balaban J connectivity index is 1.64. The van der Waals surface area contributed by atoms with E-state index in [9.17, 15) is 4.79 Å². The average Bonchev–Trinajstić information content (AvgIpc) is 3.11. The van der Waals surface area contributed by atoms with Crippen molar-refractivity contribution in [1.82, 2.24) is 20.0 Å². The van der Waals surface area contributed by atoms with Gasteiger partial charge in [0.1, 0.15) is 0 Å². The van der Waals surface area contributed by atoms with Gasteiger partial charge in [0.15, 0.2) is 6.04 Å². The minimum absolute atomic E-state index is 0.0252. The van der Waals surface area contributed by atoms with Crippen LogP contribution in [0, 0.1) is 5.92 Å². The highest BCUT2D eigenvalue weighted by atomic mass is 16.2. The Morgan fingerprint density at radius 3 is 2.52 bits per heavy atom. The predicted molar refractivity (Wildman–Crippen MR) is 99.3 cm³/mol. The number of benzene rings is 1. The van der Waals surface area contributed by atoms with Crippen molar-refractivity contribution in [3.63, 3.8) is 0 Å².